The molecule has 0 spiro atoms. The maximum atomic E-state index is 5.34. The van der Waals surface area contributed by atoms with Crippen molar-refractivity contribution in [2.24, 2.45) is 0 Å². The van der Waals surface area contributed by atoms with E-state index >= 15 is 0 Å². The zero-order valence-electron chi connectivity index (χ0n) is 34.3. The minimum absolute atomic E-state index is 0.116. The van der Waals surface area contributed by atoms with Crippen LogP contribution in [0.15, 0.2) is 194 Å². The molecule has 4 heteroatoms. The van der Waals surface area contributed by atoms with Gasteiger partial charge in [0.25, 0.3) is 0 Å². The molecule has 0 saturated heterocycles. The number of rotatable bonds is 5. The van der Waals surface area contributed by atoms with E-state index < -0.39 is 0 Å². The minimum atomic E-state index is -0.116. The molecule has 4 nitrogen and oxygen atoms in total. The average molecular weight is 791 g/mol. The van der Waals surface area contributed by atoms with Gasteiger partial charge in [-0.25, -0.2) is 15.0 Å². The molecule has 290 valence electrons. The van der Waals surface area contributed by atoms with E-state index in [0.717, 1.165) is 44.6 Å². The molecule has 2 aromatic heterocycles. The Morgan fingerprint density at radius 1 is 0.371 bits per heavy atom. The predicted octanol–water partition coefficient (Wildman–Crippen LogP) is 14.7. The van der Waals surface area contributed by atoms with Crippen molar-refractivity contribution in [3.05, 3.63) is 205 Å². The van der Waals surface area contributed by atoms with Crippen LogP contribution in [0.25, 0.3) is 117 Å². The monoisotopic (exact) mass is 790 g/mol. The molecule has 9 aromatic carbocycles. The van der Waals surface area contributed by atoms with Gasteiger partial charge in [0, 0.05) is 44.0 Å². The van der Waals surface area contributed by atoms with Crippen LogP contribution in [0.3, 0.4) is 0 Å². The van der Waals surface area contributed by atoms with E-state index in [9.17, 15) is 0 Å². The molecule has 0 radical (unpaired) electrons. The van der Waals surface area contributed by atoms with E-state index in [-0.39, 0.29) is 5.41 Å². The van der Waals surface area contributed by atoms with E-state index in [2.05, 4.69) is 206 Å². The molecule has 0 N–H and O–H groups in total. The molecule has 1 aliphatic heterocycles. The van der Waals surface area contributed by atoms with Gasteiger partial charge in [0.1, 0.15) is 0 Å². The minimum Gasteiger partial charge on any atom is -0.308 e. The Bertz CT molecular complexity index is 3670. The molecule has 0 atom stereocenters. The van der Waals surface area contributed by atoms with Gasteiger partial charge in [-0.2, -0.15) is 0 Å². The lowest BCUT2D eigenvalue weighted by atomic mass is 9.81. The molecule has 0 unspecified atom stereocenters. The first-order valence-corrected chi connectivity index (χ1v) is 21.4. The highest BCUT2D eigenvalue weighted by Crippen LogP contribution is 2.58. The van der Waals surface area contributed by atoms with Gasteiger partial charge in [-0.1, -0.05) is 178 Å². The summed E-state index contributed by atoms with van der Waals surface area (Å²) in [7, 11) is 0. The van der Waals surface area contributed by atoms with Gasteiger partial charge in [0.15, 0.2) is 17.5 Å². The van der Waals surface area contributed by atoms with Crippen molar-refractivity contribution in [1.29, 1.82) is 0 Å². The van der Waals surface area contributed by atoms with E-state index in [1.165, 1.54) is 66.0 Å². The summed E-state index contributed by atoms with van der Waals surface area (Å²) in [6.45, 7) is 4.74. The maximum absolute atomic E-state index is 5.34. The number of hydrogen-bond acceptors (Lipinski definition) is 3. The molecular weight excluding hydrogens is 753 g/mol. The number of para-hydroxylation sites is 1. The fourth-order valence-electron chi connectivity index (χ4n) is 10.3. The number of benzene rings is 9. The van der Waals surface area contributed by atoms with Crippen molar-refractivity contribution in [1.82, 2.24) is 19.5 Å². The first-order chi connectivity index (χ1) is 30.5. The molecule has 62 heavy (non-hydrogen) atoms. The third kappa shape index (κ3) is 5.10. The average Bonchev–Trinajstić information content (AvgIpc) is 3.74. The molecule has 3 heterocycles. The van der Waals surface area contributed by atoms with Crippen molar-refractivity contribution in [3.8, 4) is 84.4 Å². The first kappa shape index (κ1) is 34.9. The van der Waals surface area contributed by atoms with Gasteiger partial charge in [-0.15, -0.1) is 0 Å². The summed E-state index contributed by atoms with van der Waals surface area (Å²) in [5.74, 6) is 1.88. The van der Waals surface area contributed by atoms with Crippen LogP contribution < -0.4 is 0 Å². The second kappa shape index (κ2) is 13.0. The highest BCUT2D eigenvalue weighted by atomic mass is 15.0. The highest BCUT2D eigenvalue weighted by Gasteiger charge is 2.41. The Hall–Kier alpha value is -7.95. The lowest BCUT2D eigenvalue weighted by Gasteiger charge is -2.23. The lowest BCUT2D eigenvalue weighted by Crippen LogP contribution is -2.15. The third-order valence-electron chi connectivity index (χ3n) is 13.4. The Morgan fingerprint density at radius 3 is 1.73 bits per heavy atom. The Labute approximate surface area is 359 Å². The smallest absolute Gasteiger partial charge is 0.164 e. The fraction of sp³-hybridized carbons (Fsp3) is 0.0517. The van der Waals surface area contributed by atoms with Crippen LogP contribution in [0.4, 0.5) is 0 Å². The van der Waals surface area contributed by atoms with Gasteiger partial charge in [-0.05, 0) is 85.6 Å². The van der Waals surface area contributed by atoms with Crippen molar-refractivity contribution in [2.75, 3.05) is 0 Å². The summed E-state index contributed by atoms with van der Waals surface area (Å²) in [5.41, 5.74) is 18.7. The van der Waals surface area contributed by atoms with Crippen molar-refractivity contribution >= 4 is 32.6 Å². The van der Waals surface area contributed by atoms with Crippen molar-refractivity contribution in [2.45, 2.75) is 19.3 Å². The normalized spacial score (nSPS) is 13.1. The molecule has 11 aromatic rings. The van der Waals surface area contributed by atoms with Crippen LogP contribution >= 0.6 is 0 Å². The molecule has 13 rings (SSSR count). The summed E-state index contributed by atoms with van der Waals surface area (Å²) >= 11 is 0. The van der Waals surface area contributed by atoms with Crippen LogP contribution in [0, 0.1) is 0 Å². The van der Waals surface area contributed by atoms with E-state index in [4.69, 9.17) is 15.0 Å². The summed E-state index contributed by atoms with van der Waals surface area (Å²) in [6.07, 6.45) is 0. The van der Waals surface area contributed by atoms with Crippen molar-refractivity contribution in [3.63, 3.8) is 0 Å². The van der Waals surface area contributed by atoms with Gasteiger partial charge >= 0.3 is 0 Å². The largest absolute Gasteiger partial charge is 0.308 e. The Balaban J connectivity index is 1.04. The molecule has 0 saturated carbocycles. The van der Waals surface area contributed by atoms with E-state index in [1.807, 2.05) is 6.07 Å². The fourth-order valence-corrected chi connectivity index (χ4v) is 10.3. The van der Waals surface area contributed by atoms with Crippen LogP contribution in [0.5, 0.6) is 0 Å². The van der Waals surface area contributed by atoms with Crippen LogP contribution in [0.1, 0.15) is 25.0 Å². The highest BCUT2D eigenvalue weighted by molar-refractivity contribution is 6.18. The topological polar surface area (TPSA) is 43.6 Å². The van der Waals surface area contributed by atoms with E-state index in [1.54, 1.807) is 0 Å². The summed E-state index contributed by atoms with van der Waals surface area (Å²) in [5, 5.41) is 4.95. The number of aromatic nitrogens is 4. The Kier molecular flexibility index (Phi) is 7.32. The Morgan fingerprint density at radius 2 is 0.952 bits per heavy atom. The number of nitrogens with zero attached hydrogens (tertiary/aromatic N) is 4. The zero-order valence-corrected chi connectivity index (χ0v) is 34.3. The third-order valence-corrected chi connectivity index (χ3v) is 13.4. The molecule has 0 amide bonds. The van der Waals surface area contributed by atoms with Gasteiger partial charge < -0.3 is 4.57 Å². The standard InChI is InChI=1S/C58H38N4/c1-58(2)48-23-12-22-46-45-28-27-43(34-51(45)62-50-24-9-8-21-44(50)47-29-30-49(58)53(52(46)48)54(47)62)57-60-55(41-19-10-17-38(32-41)35-13-4-3-5-14-35)59-56(61-57)42-20-11-18-39(33-42)40-26-25-36-15-6-7-16-37(36)31-40/h3-34H,1-2H3. The molecule has 2 aliphatic rings. The van der Waals surface area contributed by atoms with Gasteiger partial charge in [-0.3, -0.25) is 0 Å². The second-order valence-corrected chi connectivity index (χ2v) is 17.2. The molecule has 1 aliphatic carbocycles. The first-order valence-electron chi connectivity index (χ1n) is 21.4. The van der Waals surface area contributed by atoms with Gasteiger partial charge in [0.2, 0.25) is 0 Å². The van der Waals surface area contributed by atoms with Crippen LogP contribution in [-0.2, 0) is 5.41 Å². The van der Waals surface area contributed by atoms with Crippen LogP contribution in [0.2, 0.25) is 0 Å². The summed E-state index contributed by atoms with van der Waals surface area (Å²) < 4.78 is 2.51. The number of fused-ring (bicyclic) bond motifs is 7. The summed E-state index contributed by atoms with van der Waals surface area (Å²) in [4.78, 5) is 15.9. The summed E-state index contributed by atoms with van der Waals surface area (Å²) in [6, 6.07) is 69.9. The van der Waals surface area contributed by atoms with Gasteiger partial charge in [0.05, 0.1) is 16.7 Å². The maximum Gasteiger partial charge on any atom is 0.164 e. The quantitative estimate of drug-likeness (QED) is 0.174. The molecular formula is C58H38N4. The number of hydrogen-bond donors (Lipinski definition) is 0. The van der Waals surface area contributed by atoms with E-state index in [0.29, 0.717) is 17.5 Å². The SMILES string of the molecule is CC1(C)c2cccc3c2-c2c1ccc1c4ccccc4n(c21)-c1cc(-c2nc(-c4cccc(-c5ccccc5)c4)nc(-c4cccc(-c5ccc6ccccc6c5)c4)n2)ccc1-3. The zero-order chi connectivity index (χ0) is 41.1. The second-order valence-electron chi connectivity index (χ2n) is 17.2. The van der Waals surface area contributed by atoms with Crippen molar-refractivity contribution < 1.29 is 0 Å². The van der Waals surface area contributed by atoms with Crippen LogP contribution in [-0.4, -0.2) is 19.5 Å². The lowest BCUT2D eigenvalue weighted by molar-refractivity contribution is 0.661. The predicted molar refractivity (Wildman–Crippen MR) is 255 cm³/mol. The molecule has 0 fully saturated rings. The molecule has 0 bridgehead atoms.